The van der Waals surface area contributed by atoms with Gasteiger partial charge in [0.25, 0.3) is 0 Å². The Hall–Kier alpha value is -3.09. The zero-order chi connectivity index (χ0) is 22.0. The summed E-state index contributed by atoms with van der Waals surface area (Å²) in [5.41, 5.74) is 2.98. The van der Waals surface area contributed by atoms with Gasteiger partial charge in [0, 0.05) is 28.4 Å². The van der Waals surface area contributed by atoms with E-state index in [4.69, 9.17) is 16.3 Å². The fourth-order valence-electron chi connectivity index (χ4n) is 3.36. The van der Waals surface area contributed by atoms with Crippen LogP contribution in [0.1, 0.15) is 12.5 Å². The highest BCUT2D eigenvalue weighted by atomic mass is 35.5. The molecule has 0 saturated heterocycles. The van der Waals surface area contributed by atoms with Crippen molar-refractivity contribution in [2.75, 3.05) is 12.4 Å². The standard InChI is InChI=1S/C24H21ClN2O3S/c1-3-16-7-12-22-21(13-16)24(27-18-5-4-6-19(14-18)30-2)23(15-26-22)31(28,29)20-10-8-17(25)9-11-20/h4-15H,3H2,1-2H3,(H,26,27). The highest BCUT2D eigenvalue weighted by Crippen LogP contribution is 2.36. The minimum Gasteiger partial charge on any atom is -0.497 e. The number of rotatable bonds is 6. The maximum atomic E-state index is 13.5. The van der Waals surface area contributed by atoms with Crippen LogP contribution >= 0.6 is 11.6 Å². The number of anilines is 2. The van der Waals surface area contributed by atoms with E-state index in [1.807, 2.05) is 42.5 Å². The summed E-state index contributed by atoms with van der Waals surface area (Å²) >= 11 is 5.96. The number of nitrogens with zero attached hydrogens (tertiary/aromatic N) is 1. The van der Waals surface area contributed by atoms with Crippen molar-refractivity contribution in [3.8, 4) is 5.75 Å². The summed E-state index contributed by atoms with van der Waals surface area (Å²) in [5, 5.41) is 4.51. The predicted octanol–water partition coefficient (Wildman–Crippen LogP) is 6.04. The number of methoxy groups -OCH3 is 1. The Morgan fingerprint density at radius 3 is 2.52 bits per heavy atom. The lowest BCUT2D eigenvalue weighted by molar-refractivity contribution is 0.415. The molecule has 4 aromatic rings. The quantitative estimate of drug-likeness (QED) is 0.386. The van der Waals surface area contributed by atoms with E-state index in [0.717, 1.165) is 17.4 Å². The minimum atomic E-state index is -3.85. The number of hydrogen-bond donors (Lipinski definition) is 1. The number of pyridine rings is 1. The summed E-state index contributed by atoms with van der Waals surface area (Å²) in [6, 6.07) is 19.4. The van der Waals surface area contributed by atoms with Gasteiger partial charge in [0.15, 0.2) is 0 Å². The summed E-state index contributed by atoms with van der Waals surface area (Å²) < 4.78 is 32.4. The second-order valence-corrected chi connectivity index (χ2v) is 9.37. The van der Waals surface area contributed by atoms with Crippen molar-refractivity contribution in [3.63, 3.8) is 0 Å². The van der Waals surface area contributed by atoms with Gasteiger partial charge in [-0.2, -0.15) is 0 Å². The summed E-state index contributed by atoms with van der Waals surface area (Å²) in [6.45, 7) is 2.05. The highest BCUT2D eigenvalue weighted by molar-refractivity contribution is 7.91. The normalized spacial score (nSPS) is 11.5. The average Bonchev–Trinajstić information content (AvgIpc) is 2.79. The number of aryl methyl sites for hydroxylation is 1. The molecule has 0 saturated carbocycles. The molecule has 0 bridgehead atoms. The topological polar surface area (TPSA) is 68.3 Å². The van der Waals surface area contributed by atoms with Crippen LogP contribution in [-0.2, 0) is 16.3 Å². The number of fused-ring (bicyclic) bond motifs is 1. The van der Waals surface area contributed by atoms with Crippen LogP contribution in [-0.4, -0.2) is 20.5 Å². The number of benzene rings is 3. The third kappa shape index (κ3) is 4.22. The Labute approximate surface area is 186 Å². The summed E-state index contributed by atoms with van der Waals surface area (Å²) in [7, 11) is -2.26. The van der Waals surface area contributed by atoms with E-state index in [1.54, 1.807) is 19.2 Å². The fraction of sp³-hybridized carbons (Fsp3) is 0.125. The van der Waals surface area contributed by atoms with Gasteiger partial charge in [0.1, 0.15) is 10.6 Å². The van der Waals surface area contributed by atoms with Gasteiger partial charge in [-0.15, -0.1) is 0 Å². The largest absolute Gasteiger partial charge is 0.497 e. The number of aromatic nitrogens is 1. The van der Waals surface area contributed by atoms with Gasteiger partial charge in [0.2, 0.25) is 9.84 Å². The van der Waals surface area contributed by atoms with Crippen LogP contribution in [0.2, 0.25) is 5.02 Å². The number of sulfone groups is 1. The first-order chi connectivity index (χ1) is 14.9. The zero-order valence-electron chi connectivity index (χ0n) is 17.1. The zero-order valence-corrected chi connectivity index (χ0v) is 18.7. The fourth-order valence-corrected chi connectivity index (χ4v) is 4.86. The Kier molecular flexibility index (Phi) is 5.85. The Morgan fingerprint density at radius 2 is 1.81 bits per heavy atom. The van der Waals surface area contributed by atoms with Crippen LogP contribution in [0, 0.1) is 0 Å². The van der Waals surface area contributed by atoms with E-state index in [0.29, 0.717) is 27.7 Å². The van der Waals surface area contributed by atoms with Gasteiger partial charge in [-0.05, 0) is 60.5 Å². The van der Waals surface area contributed by atoms with E-state index in [2.05, 4.69) is 17.2 Å². The number of nitrogens with one attached hydrogen (secondary N) is 1. The lowest BCUT2D eigenvalue weighted by Gasteiger charge is -2.16. The lowest BCUT2D eigenvalue weighted by atomic mass is 10.1. The van der Waals surface area contributed by atoms with Crippen LogP contribution in [0.5, 0.6) is 5.75 Å². The monoisotopic (exact) mass is 452 g/mol. The number of halogens is 1. The number of hydrogen-bond acceptors (Lipinski definition) is 5. The van der Waals surface area contributed by atoms with Gasteiger partial charge in [0.05, 0.1) is 23.2 Å². The summed E-state index contributed by atoms with van der Waals surface area (Å²) in [4.78, 5) is 4.68. The Morgan fingerprint density at radius 1 is 1.03 bits per heavy atom. The molecule has 0 atom stereocenters. The third-order valence-electron chi connectivity index (χ3n) is 5.06. The Bertz CT molecular complexity index is 1350. The van der Waals surface area contributed by atoms with E-state index in [1.165, 1.54) is 18.3 Å². The SMILES string of the molecule is CCc1ccc2ncc(S(=O)(=O)c3ccc(Cl)cc3)c(Nc3cccc(OC)c3)c2c1. The van der Waals surface area contributed by atoms with E-state index in [-0.39, 0.29) is 9.79 Å². The summed E-state index contributed by atoms with van der Waals surface area (Å²) in [5.74, 6) is 0.666. The molecule has 0 radical (unpaired) electrons. The molecule has 5 nitrogen and oxygen atoms in total. The molecule has 0 fully saturated rings. The van der Waals surface area contributed by atoms with Crippen molar-refractivity contribution in [3.05, 3.63) is 83.5 Å². The van der Waals surface area contributed by atoms with Crippen molar-refractivity contribution in [1.29, 1.82) is 0 Å². The van der Waals surface area contributed by atoms with Crippen LogP contribution in [0.15, 0.2) is 82.7 Å². The van der Waals surface area contributed by atoms with Crippen molar-refractivity contribution < 1.29 is 13.2 Å². The maximum Gasteiger partial charge on any atom is 0.210 e. The molecule has 0 amide bonds. The van der Waals surface area contributed by atoms with Gasteiger partial charge in [-0.3, -0.25) is 4.98 Å². The molecular weight excluding hydrogens is 432 g/mol. The smallest absolute Gasteiger partial charge is 0.210 e. The van der Waals surface area contributed by atoms with Gasteiger partial charge in [-0.1, -0.05) is 30.7 Å². The minimum absolute atomic E-state index is 0.0957. The van der Waals surface area contributed by atoms with Crippen molar-refractivity contribution in [2.24, 2.45) is 0 Å². The van der Waals surface area contributed by atoms with Crippen molar-refractivity contribution in [2.45, 2.75) is 23.1 Å². The first kappa shape index (κ1) is 21.2. The average molecular weight is 453 g/mol. The van der Waals surface area contributed by atoms with Crippen LogP contribution in [0.4, 0.5) is 11.4 Å². The number of ether oxygens (including phenoxy) is 1. The highest BCUT2D eigenvalue weighted by Gasteiger charge is 2.24. The molecule has 0 aliphatic carbocycles. The molecular formula is C24H21ClN2O3S. The molecule has 0 spiro atoms. The van der Waals surface area contributed by atoms with E-state index in [9.17, 15) is 8.42 Å². The molecule has 1 N–H and O–H groups in total. The molecule has 0 aliphatic heterocycles. The molecule has 1 aromatic heterocycles. The van der Waals surface area contributed by atoms with Gasteiger partial charge in [-0.25, -0.2) is 8.42 Å². The van der Waals surface area contributed by atoms with Gasteiger partial charge < -0.3 is 10.1 Å². The third-order valence-corrected chi connectivity index (χ3v) is 7.09. The second kappa shape index (κ2) is 8.57. The molecule has 1 heterocycles. The molecule has 158 valence electrons. The van der Waals surface area contributed by atoms with Crippen molar-refractivity contribution >= 4 is 43.7 Å². The van der Waals surface area contributed by atoms with Crippen LogP contribution in [0.3, 0.4) is 0 Å². The molecule has 4 rings (SSSR count). The Balaban J connectivity index is 1.96. The van der Waals surface area contributed by atoms with Crippen molar-refractivity contribution in [1.82, 2.24) is 4.98 Å². The van der Waals surface area contributed by atoms with Gasteiger partial charge >= 0.3 is 0 Å². The van der Waals surface area contributed by atoms with E-state index >= 15 is 0 Å². The summed E-state index contributed by atoms with van der Waals surface area (Å²) in [6.07, 6.45) is 2.23. The second-order valence-electron chi connectivity index (χ2n) is 7.02. The maximum absolute atomic E-state index is 13.5. The molecule has 0 aliphatic rings. The molecule has 31 heavy (non-hydrogen) atoms. The lowest BCUT2D eigenvalue weighted by Crippen LogP contribution is -2.07. The van der Waals surface area contributed by atoms with E-state index < -0.39 is 9.84 Å². The first-order valence-electron chi connectivity index (χ1n) is 9.75. The van der Waals surface area contributed by atoms with Crippen LogP contribution < -0.4 is 10.1 Å². The molecule has 0 unspecified atom stereocenters. The van der Waals surface area contributed by atoms with Crippen LogP contribution in [0.25, 0.3) is 10.9 Å². The predicted molar refractivity (Wildman–Crippen MR) is 124 cm³/mol. The first-order valence-corrected chi connectivity index (χ1v) is 11.6. The molecule has 3 aromatic carbocycles. The molecule has 7 heteroatoms.